The first-order valence-corrected chi connectivity index (χ1v) is 11.9. The van der Waals surface area contributed by atoms with Gasteiger partial charge < -0.3 is 19.8 Å². The van der Waals surface area contributed by atoms with E-state index in [1.54, 1.807) is 0 Å². The van der Waals surface area contributed by atoms with E-state index >= 15 is 0 Å². The van der Waals surface area contributed by atoms with Crippen LogP contribution in [0.25, 0.3) is 0 Å². The molecule has 7 nitrogen and oxygen atoms in total. The van der Waals surface area contributed by atoms with Crippen LogP contribution in [0.3, 0.4) is 0 Å². The molecule has 0 amide bonds. The zero-order valence-electron chi connectivity index (χ0n) is 18.3. The molecule has 0 aromatic heterocycles. The minimum Gasteiger partial charge on any atom is -0.549 e. The number of hydrogen-bond acceptors (Lipinski definition) is 6. The van der Waals surface area contributed by atoms with Crippen LogP contribution in [0.1, 0.15) is 91.9 Å². The van der Waals surface area contributed by atoms with Gasteiger partial charge in [0.15, 0.2) is 0 Å². The Morgan fingerprint density at radius 2 is 1.28 bits per heavy atom. The van der Waals surface area contributed by atoms with Crippen molar-refractivity contribution in [2.45, 2.75) is 97.2 Å². The van der Waals surface area contributed by atoms with Crippen LogP contribution in [0, 0.1) is 17.3 Å². The van der Waals surface area contributed by atoms with E-state index in [4.69, 9.17) is 0 Å². The Bertz CT molecular complexity index is 574. The maximum atomic E-state index is 12.3. The van der Waals surface area contributed by atoms with E-state index in [1.165, 1.54) is 0 Å². The monoisotopic (exact) mass is 558 g/mol. The SMILES string of the molecule is CCCCC(CC)CC(CC(CC)CCCC)(C(=O)[O-])C(C(=O)[O-])S(=O)(=O)O.[Ba+2]. The van der Waals surface area contributed by atoms with Crippen LogP contribution in [-0.2, 0) is 19.7 Å². The van der Waals surface area contributed by atoms with Gasteiger partial charge in [0.05, 0.1) is 5.97 Å². The van der Waals surface area contributed by atoms with Gasteiger partial charge >= 0.3 is 48.9 Å². The number of unbranched alkanes of at least 4 members (excludes halogenated alkanes) is 2. The summed E-state index contributed by atoms with van der Waals surface area (Å²) < 4.78 is 33.5. The summed E-state index contributed by atoms with van der Waals surface area (Å²) in [5.41, 5.74) is -2.23. The number of carbonyl (C=O) groups is 2. The van der Waals surface area contributed by atoms with Gasteiger partial charge in [-0.3, -0.25) is 4.55 Å². The number of aliphatic carboxylic acids is 2. The molecule has 0 bridgehead atoms. The minimum absolute atomic E-state index is 0. The molecular weight excluding hydrogens is 522 g/mol. The molecule has 0 aliphatic heterocycles. The Morgan fingerprint density at radius 3 is 1.48 bits per heavy atom. The first-order valence-electron chi connectivity index (χ1n) is 10.4. The molecule has 0 fully saturated rings. The Labute approximate surface area is 216 Å². The molecule has 1 N–H and O–H groups in total. The van der Waals surface area contributed by atoms with Crippen LogP contribution < -0.4 is 10.2 Å². The predicted octanol–water partition coefficient (Wildman–Crippen LogP) is 1.56. The fraction of sp³-hybridized carbons (Fsp3) is 0.900. The van der Waals surface area contributed by atoms with Crippen molar-refractivity contribution in [3.8, 4) is 0 Å². The summed E-state index contributed by atoms with van der Waals surface area (Å²) in [5.74, 6) is -4.22. The molecule has 0 radical (unpaired) electrons. The van der Waals surface area contributed by atoms with Crippen molar-refractivity contribution in [3.63, 3.8) is 0 Å². The molecule has 0 aromatic carbocycles. The van der Waals surface area contributed by atoms with Gasteiger partial charge in [0.1, 0.15) is 5.25 Å². The molecule has 0 spiro atoms. The van der Waals surface area contributed by atoms with E-state index in [0.29, 0.717) is 25.7 Å². The van der Waals surface area contributed by atoms with Crippen LogP contribution in [0.5, 0.6) is 0 Å². The van der Waals surface area contributed by atoms with Crippen molar-refractivity contribution in [1.82, 2.24) is 0 Å². The molecule has 0 heterocycles. The second-order valence-electron chi connectivity index (χ2n) is 7.90. The van der Waals surface area contributed by atoms with E-state index in [9.17, 15) is 32.8 Å². The smallest absolute Gasteiger partial charge is 0.549 e. The molecule has 9 heteroatoms. The van der Waals surface area contributed by atoms with E-state index in [2.05, 4.69) is 0 Å². The molecule has 3 unspecified atom stereocenters. The molecule has 0 aromatic rings. The fourth-order valence-corrected chi connectivity index (χ4v) is 5.22. The minimum atomic E-state index is -5.20. The summed E-state index contributed by atoms with van der Waals surface area (Å²) in [6.07, 6.45) is 5.50. The zero-order chi connectivity index (χ0) is 22.0. The zero-order valence-corrected chi connectivity index (χ0v) is 23.6. The van der Waals surface area contributed by atoms with Gasteiger partial charge in [0.25, 0.3) is 10.1 Å². The summed E-state index contributed by atoms with van der Waals surface area (Å²) in [5, 5.41) is 21.5. The number of hydrogen-bond donors (Lipinski definition) is 1. The molecule has 0 saturated heterocycles. The number of carbonyl (C=O) groups excluding carboxylic acids is 2. The van der Waals surface area contributed by atoms with E-state index < -0.39 is 32.7 Å². The van der Waals surface area contributed by atoms with Gasteiger partial charge in [0, 0.05) is 11.4 Å². The van der Waals surface area contributed by atoms with Gasteiger partial charge in [-0.05, 0) is 24.7 Å². The van der Waals surface area contributed by atoms with Crippen molar-refractivity contribution in [3.05, 3.63) is 0 Å². The van der Waals surface area contributed by atoms with Crippen LogP contribution in [0.15, 0.2) is 0 Å². The third-order valence-electron chi connectivity index (χ3n) is 5.81. The fourth-order valence-electron chi connectivity index (χ4n) is 4.12. The Morgan fingerprint density at radius 1 is 0.897 bits per heavy atom. The first kappa shape index (κ1) is 31.6. The Hall–Kier alpha value is 0.421. The third kappa shape index (κ3) is 10.1. The molecule has 0 aliphatic carbocycles. The molecule has 166 valence electrons. The van der Waals surface area contributed by atoms with Crippen LogP contribution in [-0.4, -0.2) is 79.0 Å². The standard InChI is InChI=1S/C20H38O7S.Ba/c1-5-9-11-15(7-3)13-20(19(23)24,14-16(8-4)12-10-6-2)17(18(21)22)28(25,26)27;/h15-17H,5-14H2,1-4H3,(H,21,22)(H,23,24)(H,25,26,27);/q;+2/p-2. The topological polar surface area (TPSA) is 135 Å². The van der Waals surface area contributed by atoms with Gasteiger partial charge in [-0.25, -0.2) is 0 Å². The van der Waals surface area contributed by atoms with E-state index in [1.807, 2.05) is 27.7 Å². The molecule has 0 saturated carbocycles. The summed E-state index contributed by atoms with van der Waals surface area (Å²) in [6.45, 7) is 7.68. The van der Waals surface area contributed by atoms with Crippen LogP contribution >= 0.6 is 0 Å². The van der Waals surface area contributed by atoms with Gasteiger partial charge in [-0.15, -0.1) is 0 Å². The average Bonchev–Trinajstić information content (AvgIpc) is 2.59. The summed E-state index contributed by atoms with van der Waals surface area (Å²) >= 11 is 0. The largest absolute Gasteiger partial charge is 2.00 e. The Kier molecular flexibility index (Phi) is 16.6. The molecule has 0 aliphatic rings. The van der Waals surface area contributed by atoms with Crippen molar-refractivity contribution < 1.29 is 32.8 Å². The van der Waals surface area contributed by atoms with Crippen molar-refractivity contribution in [2.24, 2.45) is 17.3 Å². The van der Waals surface area contributed by atoms with E-state index in [-0.39, 0.29) is 73.6 Å². The second-order valence-corrected chi connectivity index (χ2v) is 9.40. The first-order chi connectivity index (χ1) is 13.0. The van der Waals surface area contributed by atoms with Crippen molar-refractivity contribution >= 4 is 70.9 Å². The average molecular weight is 558 g/mol. The number of rotatable bonds is 16. The van der Waals surface area contributed by atoms with Gasteiger partial charge in [0.2, 0.25) is 0 Å². The maximum Gasteiger partial charge on any atom is 2.00 e. The van der Waals surface area contributed by atoms with E-state index in [0.717, 1.165) is 25.7 Å². The Balaban J connectivity index is 0. The maximum absolute atomic E-state index is 12.3. The van der Waals surface area contributed by atoms with Crippen LogP contribution in [0.2, 0.25) is 0 Å². The molecule has 29 heavy (non-hydrogen) atoms. The number of carboxylic acids is 2. The summed E-state index contributed by atoms with van der Waals surface area (Å²) in [6, 6.07) is 0. The summed E-state index contributed by atoms with van der Waals surface area (Å²) in [7, 11) is -5.20. The molecule has 3 atom stereocenters. The van der Waals surface area contributed by atoms with Crippen LogP contribution in [0.4, 0.5) is 0 Å². The number of carboxylic acid groups (broad SMARTS) is 2. The van der Waals surface area contributed by atoms with Crippen molar-refractivity contribution in [1.29, 1.82) is 0 Å². The third-order valence-corrected chi connectivity index (χ3v) is 7.05. The normalized spacial score (nSPS) is 16.9. The van der Waals surface area contributed by atoms with Gasteiger partial charge in [-0.2, -0.15) is 8.42 Å². The predicted molar refractivity (Wildman–Crippen MR) is 109 cm³/mol. The quantitative estimate of drug-likeness (QED) is 0.225. The molecule has 0 rings (SSSR count). The van der Waals surface area contributed by atoms with Crippen molar-refractivity contribution in [2.75, 3.05) is 0 Å². The molecular formula is C20H36BaO7S. The second kappa shape index (κ2) is 15.3. The summed E-state index contributed by atoms with van der Waals surface area (Å²) in [4.78, 5) is 24.0. The van der Waals surface area contributed by atoms with Gasteiger partial charge in [-0.1, -0.05) is 79.1 Å².